The normalized spacial score (nSPS) is 10.3. The highest BCUT2D eigenvalue weighted by molar-refractivity contribution is 9.11. The Balaban J connectivity index is 1.95. The van der Waals surface area contributed by atoms with Gasteiger partial charge in [0.25, 0.3) is 5.91 Å². The Morgan fingerprint density at radius 2 is 2.25 bits per heavy atom. The predicted molar refractivity (Wildman–Crippen MR) is 80.1 cm³/mol. The van der Waals surface area contributed by atoms with Gasteiger partial charge < -0.3 is 10.7 Å². The Bertz CT molecular complexity index is 619. The fourth-order valence-electron chi connectivity index (χ4n) is 1.60. The summed E-state index contributed by atoms with van der Waals surface area (Å²) in [6.45, 7) is 0.430. The molecule has 0 aliphatic heterocycles. The molecule has 0 radical (unpaired) electrons. The number of hydrogen-bond acceptors (Lipinski definition) is 5. The van der Waals surface area contributed by atoms with Crippen molar-refractivity contribution in [3.05, 3.63) is 44.4 Å². The maximum absolute atomic E-state index is 13.8. The van der Waals surface area contributed by atoms with Gasteiger partial charge >= 0.3 is 0 Å². The smallest absolute Gasteiger partial charge is 0.254 e. The van der Waals surface area contributed by atoms with Gasteiger partial charge in [0.15, 0.2) is 11.6 Å². The van der Waals surface area contributed by atoms with Crippen molar-refractivity contribution in [1.82, 2.24) is 10.3 Å². The quantitative estimate of drug-likeness (QED) is 0.565. The van der Waals surface area contributed by atoms with Crippen molar-refractivity contribution >= 4 is 39.0 Å². The molecule has 0 aliphatic carbocycles. The van der Waals surface area contributed by atoms with Crippen LogP contribution in [0.2, 0.25) is 0 Å². The summed E-state index contributed by atoms with van der Waals surface area (Å²) in [7, 11) is 0. The van der Waals surface area contributed by atoms with Crippen molar-refractivity contribution in [2.24, 2.45) is 5.84 Å². The van der Waals surface area contributed by atoms with Gasteiger partial charge in [-0.05, 0) is 40.5 Å². The summed E-state index contributed by atoms with van der Waals surface area (Å²) in [4.78, 5) is 16.7. The van der Waals surface area contributed by atoms with E-state index < -0.39 is 11.7 Å². The number of anilines is 1. The zero-order valence-electron chi connectivity index (χ0n) is 10.3. The number of hydrazine groups is 1. The molecule has 8 heteroatoms. The number of nitrogens with one attached hydrogen (secondary N) is 2. The number of amides is 1. The minimum absolute atomic E-state index is 0.0830. The number of hydrogen-bond donors (Lipinski definition) is 3. The Kier molecular flexibility index (Phi) is 5.05. The van der Waals surface area contributed by atoms with Crippen LogP contribution < -0.4 is 16.6 Å². The summed E-state index contributed by atoms with van der Waals surface area (Å²) in [6, 6.07) is 5.24. The van der Waals surface area contributed by atoms with Gasteiger partial charge in [0.05, 0.1) is 9.35 Å². The predicted octanol–water partition coefficient (Wildman–Crippen LogP) is 2.30. The highest BCUT2D eigenvalue weighted by Crippen LogP contribution is 2.22. The first-order chi connectivity index (χ1) is 9.61. The van der Waals surface area contributed by atoms with Crippen LogP contribution in [0.4, 0.5) is 10.2 Å². The van der Waals surface area contributed by atoms with Gasteiger partial charge in [-0.25, -0.2) is 15.2 Å². The molecule has 2 rings (SSSR count). The molecule has 0 saturated carbocycles. The van der Waals surface area contributed by atoms with E-state index in [2.05, 4.69) is 31.7 Å². The average Bonchev–Trinajstić information content (AvgIpc) is 2.84. The minimum atomic E-state index is -0.758. The molecular formula is C12H12BrFN4OS. The van der Waals surface area contributed by atoms with Crippen molar-refractivity contribution in [3.63, 3.8) is 0 Å². The molecule has 2 heterocycles. The largest absolute Gasteiger partial charge is 0.352 e. The molecule has 0 fully saturated rings. The standard InChI is InChI=1S/C12H12BrFN4OS/c13-9-2-1-7(20-9)3-5-17-12(19)8-4-6-16-11(18-15)10(8)14/h1-2,4,6H,3,5,15H2,(H,16,18)(H,17,19). The Hall–Kier alpha value is -1.51. The van der Waals surface area contributed by atoms with E-state index >= 15 is 0 Å². The molecule has 5 nitrogen and oxygen atoms in total. The first kappa shape index (κ1) is 14.9. The third kappa shape index (κ3) is 3.53. The van der Waals surface area contributed by atoms with Gasteiger partial charge in [-0.1, -0.05) is 0 Å². The zero-order valence-corrected chi connectivity index (χ0v) is 12.7. The summed E-state index contributed by atoms with van der Waals surface area (Å²) >= 11 is 4.97. The van der Waals surface area contributed by atoms with Crippen LogP contribution >= 0.6 is 27.3 Å². The first-order valence-electron chi connectivity index (χ1n) is 5.75. The number of carbonyl (C=O) groups is 1. The van der Waals surface area contributed by atoms with E-state index in [1.54, 1.807) is 11.3 Å². The van der Waals surface area contributed by atoms with E-state index in [-0.39, 0.29) is 11.4 Å². The number of nitrogen functional groups attached to an aromatic ring is 1. The van der Waals surface area contributed by atoms with Crippen molar-refractivity contribution < 1.29 is 9.18 Å². The number of carbonyl (C=O) groups excluding carboxylic acids is 1. The van der Waals surface area contributed by atoms with E-state index in [1.807, 2.05) is 12.1 Å². The highest BCUT2D eigenvalue weighted by atomic mass is 79.9. The number of aromatic nitrogens is 1. The van der Waals surface area contributed by atoms with Crippen LogP contribution in [-0.2, 0) is 6.42 Å². The van der Waals surface area contributed by atoms with Crippen LogP contribution in [0.3, 0.4) is 0 Å². The van der Waals surface area contributed by atoms with Crippen LogP contribution in [0.1, 0.15) is 15.2 Å². The van der Waals surface area contributed by atoms with E-state index in [9.17, 15) is 9.18 Å². The van der Waals surface area contributed by atoms with Crippen LogP contribution in [-0.4, -0.2) is 17.4 Å². The topological polar surface area (TPSA) is 80.0 Å². The second kappa shape index (κ2) is 6.78. The summed E-state index contributed by atoms with van der Waals surface area (Å²) < 4.78 is 14.8. The molecular weight excluding hydrogens is 347 g/mol. The molecule has 0 bridgehead atoms. The summed E-state index contributed by atoms with van der Waals surface area (Å²) in [5.41, 5.74) is 2.02. The number of rotatable bonds is 5. The molecule has 106 valence electrons. The number of pyridine rings is 1. The molecule has 2 aromatic rings. The van der Waals surface area contributed by atoms with Gasteiger partial charge in [0, 0.05) is 17.6 Å². The van der Waals surface area contributed by atoms with Crippen LogP contribution in [0, 0.1) is 5.82 Å². The second-order valence-electron chi connectivity index (χ2n) is 3.88. The molecule has 0 saturated heterocycles. The third-order valence-electron chi connectivity index (χ3n) is 2.56. The molecule has 1 amide bonds. The van der Waals surface area contributed by atoms with Gasteiger partial charge in [0.2, 0.25) is 0 Å². The Morgan fingerprint density at radius 3 is 2.90 bits per heavy atom. The second-order valence-corrected chi connectivity index (χ2v) is 6.42. The maximum Gasteiger partial charge on any atom is 0.254 e. The highest BCUT2D eigenvalue weighted by Gasteiger charge is 2.15. The number of nitrogens with two attached hydrogens (primary N) is 1. The minimum Gasteiger partial charge on any atom is -0.352 e. The van der Waals surface area contributed by atoms with E-state index in [0.717, 1.165) is 8.66 Å². The van der Waals surface area contributed by atoms with Crippen molar-refractivity contribution in [2.45, 2.75) is 6.42 Å². The van der Waals surface area contributed by atoms with Gasteiger partial charge in [-0.15, -0.1) is 11.3 Å². The molecule has 0 atom stereocenters. The molecule has 4 N–H and O–H groups in total. The Morgan fingerprint density at radius 1 is 1.45 bits per heavy atom. The van der Waals surface area contributed by atoms with Gasteiger partial charge in [0.1, 0.15) is 0 Å². The molecule has 2 aromatic heterocycles. The Labute approximate surface area is 127 Å². The van der Waals surface area contributed by atoms with E-state index in [0.29, 0.717) is 13.0 Å². The monoisotopic (exact) mass is 358 g/mol. The molecule has 0 unspecified atom stereocenters. The van der Waals surface area contributed by atoms with Crippen LogP contribution in [0.5, 0.6) is 0 Å². The lowest BCUT2D eigenvalue weighted by Crippen LogP contribution is -2.27. The lowest BCUT2D eigenvalue weighted by molar-refractivity contribution is 0.0950. The van der Waals surface area contributed by atoms with Crippen molar-refractivity contribution in [2.75, 3.05) is 12.0 Å². The molecule has 0 aliphatic rings. The van der Waals surface area contributed by atoms with E-state index in [4.69, 9.17) is 5.84 Å². The lowest BCUT2D eigenvalue weighted by Gasteiger charge is -2.07. The fraction of sp³-hybridized carbons (Fsp3) is 0.167. The average molecular weight is 359 g/mol. The fourth-order valence-corrected chi connectivity index (χ4v) is 3.08. The van der Waals surface area contributed by atoms with E-state index in [1.165, 1.54) is 12.3 Å². The summed E-state index contributed by atoms with van der Waals surface area (Å²) in [5.74, 6) is 3.71. The van der Waals surface area contributed by atoms with Crippen molar-refractivity contribution in [3.8, 4) is 0 Å². The van der Waals surface area contributed by atoms with Gasteiger partial charge in [-0.3, -0.25) is 4.79 Å². The molecule has 0 aromatic carbocycles. The van der Waals surface area contributed by atoms with Crippen LogP contribution in [0.15, 0.2) is 28.2 Å². The van der Waals surface area contributed by atoms with Crippen molar-refractivity contribution in [1.29, 1.82) is 0 Å². The summed E-state index contributed by atoms with van der Waals surface area (Å²) in [6.07, 6.45) is 2.01. The summed E-state index contributed by atoms with van der Waals surface area (Å²) in [5, 5.41) is 2.66. The SMILES string of the molecule is NNc1nccc(C(=O)NCCc2ccc(Br)s2)c1F. The molecule has 0 spiro atoms. The number of nitrogens with zero attached hydrogens (tertiary/aromatic N) is 1. The third-order valence-corrected chi connectivity index (χ3v) is 4.24. The van der Waals surface area contributed by atoms with Crippen LogP contribution in [0.25, 0.3) is 0 Å². The lowest BCUT2D eigenvalue weighted by atomic mass is 10.2. The molecule has 20 heavy (non-hydrogen) atoms. The number of halogens is 2. The maximum atomic E-state index is 13.8. The zero-order chi connectivity index (χ0) is 14.5. The number of thiophene rings is 1. The first-order valence-corrected chi connectivity index (χ1v) is 7.36. The van der Waals surface area contributed by atoms with Gasteiger partial charge in [-0.2, -0.15) is 0 Å².